The summed E-state index contributed by atoms with van der Waals surface area (Å²) in [5.74, 6) is -19.1. The number of carbonyl (C=O) groups is 9. The van der Waals surface area contributed by atoms with Gasteiger partial charge in [0.25, 0.3) is 0 Å². The van der Waals surface area contributed by atoms with Crippen LogP contribution in [0, 0.1) is 5.92 Å². The Bertz CT molecular complexity index is 5180. The highest BCUT2D eigenvalue weighted by Gasteiger charge is 2.52. The van der Waals surface area contributed by atoms with Crippen molar-refractivity contribution in [1.82, 2.24) is 42.5 Å². The summed E-state index contributed by atoms with van der Waals surface area (Å²) in [4.78, 5) is 136. The molecule has 21 N–H and O–H groups in total. The van der Waals surface area contributed by atoms with Crippen LogP contribution in [0.3, 0.4) is 0 Å². The van der Waals surface area contributed by atoms with Gasteiger partial charge in [-0.05, 0) is 120 Å². The van der Waals surface area contributed by atoms with Crippen LogP contribution in [-0.2, 0) is 59.0 Å². The monoisotopic (exact) mass is 1720 g/mol. The van der Waals surface area contributed by atoms with Gasteiger partial charge in [-0.2, -0.15) is 0 Å². The largest absolute Gasteiger partial charge is 0.508 e. The number of aliphatic hydroxyl groups excluding tert-OH is 7. The first-order valence-electron chi connectivity index (χ1n) is 38.4. The Labute approximate surface area is 697 Å². The zero-order valence-electron chi connectivity index (χ0n) is 64.4. The molecule has 0 aromatic heterocycles. The van der Waals surface area contributed by atoms with Gasteiger partial charge in [-0.15, -0.1) is 0 Å². The molecule has 18 atom stereocenters. The number of fused-ring (bicyclic) bond motifs is 14. The second kappa shape index (κ2) is 36.6. The van der Waals surface area contributed by atoms with Crippen molar-refractivity contribution >= 4 is 76.5 Å². The molecule has 37 nitrogen and oxygen atoms in total. The molecule has 7 aromatic rings. The molecule has 17 bridgehead atoms. The molecule has 8 heterocycles. The topological polar surface area (TPSA) is 577 Å². The summed E-state index contributed by atoms with van der Waals surface area (Å²) in [7, 11) is 1.42. The minimum Gasteiger partial charge on any atom is -0.508 e. The van der Waals surface area contributed by atoms with Crippen molar-refractivity contribution in [2.24, 2.45) is 5.92 Å². The summed E-state index contributed by atoms with van der Waals surface area (Å²) in [6.45, 7) is 3.21. The molecule has 7 aromatic carbocycles. The molecular formula is C82H86Cl2N8O29. The van der Waals surface area contributed by atoms with E-state index in [1.54, 1.807) is 0 Å². The second-order valence-corrected chi connectivity index (χ2v) is 31.0. The Morgan fingerprint density at radius 2 is 1.18 bits per heavy atom. The van der Waals surface area contributed by atoms with Gasteiger partial charge in [-0.25, -0.2) is 9.59 Å². The number of ether oxygens (including phenoxy) is 7. The quantitative estimate of drug-likeness (QED) is 0.0577. The maximum Gasteiger partial charge on any atom is 0.335 e. The molecule has 7 amide bonds. The van der Waals surface area contributed by atoms with E-state index in [2.05, 4.69) is 56.4 Å². The van der Waals surface area contributed by atoms with Crippen LogP contribution < -0.4 is 66.2 Å². The zero-order valence-corrected chi connectivity index (χ0v) is 65.9. The van der Waals surface area contributed by atoms with E-state index in [-0.39, 0.29) is 40.4 Å². The predicted molar refractivity (Wildman–Crippen MR) is 419 cm³/mol. The van der Waals surface area contributed by atoms with Crippen molar-refractivity contribution in [3.63, 3.8) is 0 Å². The number of nitrogens with one attached hydrogen (secondary N) is 8. The third kappa shape index (κ3) is 18.7. The normalized spacial score (nSPS) is 26.6. The third-order valence-corrected chi connectivity index (χ3v) is 22.1. The van der Waals surface area contributed by atoms with Crippen LogP contribution >= 0.6 is 23.2 Å². The number of phenols is 4. The minimum absolute atomic E-state index is 0.154. The first kappa shape index (κ1) is 87.0. The molecule has 0 saturated carbocycles. The average molecular weight is 1720 g/mol. The Morgan fingerprint density at radius 1 is 0.537 bits per heavy atom. The Morgan fingerprint density at radius 3 is 1.88 bits per heavy atom. The summed E-state index contributed by atoms with van der Waals surface area (Å²) in [5, 5.41) is 167. The van der Waals surface area contributed by atoms with Crippen LogP contribution in [0.2, 0.25) is 10.0 Å². The fourth-order valence-electron chi connectivity index (χ4n) is 15.0. The van der Waals surface area contributed by atoms with Gasteiger partial charge in [0.2, 0.25) is 59.7 Å². The first-order chi connectivity index (χ1) is 57.7. The number of carboxylic acids is 2. The third-order valence-electron chi connectivity index (χ3n) is 21.4. The van der Waals surface area contributed by atoms with Gasteiger partial charge >= 0.3 is 11.9 Å². The molecule has 2 unspecified atom stereocenters. The Hall–Kier alpha value is -11.9. The van der Waals surface area contributed by atoms with Crippen LogP contribution in [0.4, 0.5) is 0 Å². The van der Waals surface area contributed by atoms with E-state index in [0.717, 1.165) is 98.5 Å². The van der Waals surface area contributed by atoms with Crippen LogP contribution in [0.15, 0.2) is 115 Å². The van der Waals surface area contributed by atoms with E-state index in [4.69, 9.17) is 56.4 Å². The number of phenolic OH excluding ortho intramolecular Hbond substituents is 4. The van der Waals surface area contributed by atoms with E-state index in [1.807, 2.05) is 0 Å². The Balaban J connectivity index is 1.04. The predicted octanol–water partition coefficient (Wildman–Crippen LogP) is 3.79. The molecule has 2 saturated heterocycles. The maximum absolute atomic E-state index is 16.7. The smallest absolute Gasteiger partial charge is 0.335 e. The molecule has 39 heteroatoms. The van der Waals surface area contributed by atoms with Crippen molar-refractivity contribution in [2.75, 3.05) is 13.7 Å². The van der Waals surface area contributed by atoms with Gasteiger partial charge in [0.15, 0.2) is 35.1 Å². The van der Waals surface area contributed by atoms with Crippen molar-refractivity contribution in [1.29, 1.82) is 0 Å². The lowest BCUT2D eigenvalue weighted by Crippen LogP contribution is -2.66. The van der Waals surface area contributed by atoms with Crippen LogP contribution in [0.1, 0.15) is 134 Å². The van der Waals surface area contributed by atoms with E-state index in [9.17, 15) is 85.6 Å². The minimum atomic E-state index is -2.47. The van der Waals surface area contributed by atoms with Crippen molar-refractivity contribution in [2.45, 2.75) is 175 Å². The maximum atomic E-state index is 16.7. The molecule has 0 spiro atoms. The zero-order chi connectivity index (χ0) is 86.9. The molecule has 8 aliphatic rings. The average Bonchev–Trinajstić information content (AvgIpc) is 0.759. The molecule has 121 heavy (non-hydrogen) atoms. The van der Waals surface area contributed by atoms with Crippen LogP contribution in [0.25, 0.3) is 11.1 Å². The fraction of sp³-hybridized carbons (Fsp3) is 0.378. The number of hydrogen-bond acceptors (Lipinski definition) is 28. The number of unbranched alkanes of at least 4 members (excludes halogenated alkanes) is 4. The molecule has 642 valence electrons. The van der Waals surface area contributed by atoms with Gasteiger partial charge in [-0.3, -0.25) is 33.6 Å². The summed E-state index contributed by atoms with van der Waals surface area (Å²) in [6, 6.07) is 4.39. The number of carbonyl (C=O) groups excluding carboxylic acids is 7. The molecule has 0 aliphatic carbocycles. The van der Waals surface area contributed by atoms with Crippen molar-refractivity contribution in [3.05, 3.63) is 164 Å². The molecule has 15 rings (SSSR count). The van der Waals surface area contributed by atoms with Crippen molar-refractivity contribution < 1.29 is 143 Å². The summed E-state index contributed by atoms with van der Waals surface area (Å²) in [5.41, 5.74) is -3.29. The highest BCUT2D eigenvalue weighted by Crippen LogP contribution is 2.50. The number of benzene rings is 7. The first-order valence-corrected chi connectivity index (χ1v) is 39.2. The number of halogens is 2. The summed E-state index contributed by atoms with van der Waals surface area (Å²) >= 11 is 14.2. The highest BCUT2D eigenvalue weighted by molar-refractivity contribution is 6.33. The number of carboxylic acid groups (broad SMARTS) is 2. The lowest BCUT2D eigenvalue weighted by molar-refractivity contribution is -0.277. The summed E-state index contributed by atoms with van der Waals surface area (Å²) in [6.07, 6.45) is -17.5. The van der Waals surface area contributed by atoms with Gasteiger partial charge < -0.3 is 142 Å². The number of aromatic hydroxyl groups is 4. The molecule has 2 fully saturated rings. The highest BCUT2D eigenvalue weighted by atomic mass is 35.5. The summed E-state index contributed by atoms with van der Waals surface area (Å²) < 4.78 is 43.9. The van der Waals surface area contributed by atoms with Crippen LogP contribution in [-0.4, -0.2) is 207 Å². The lowest BCUT2D eigenvalue weighted by atomic mass is 9.89. The number of rotatable bonds is 17. The number of likely N-dealkylation sites (N-methyl/N-ethyl adjacent to an activating group) is 1. The van der Waals surface area contributed by atoms with E-state index >= 15 is 24.0 Å². The molecule has 8 aliphatic heterocycles. The van der Waals surface area contributed by atoms with E-state index in [1.165, 1.54) is 49.5 Å². The number of aliphatic hydroxyl groups is 7. The van der Waals surface area contributed by atoms with Crippen molar-refractivity contribution in [3.8, 4) is 80.1 Å². The number of hydrogen-bond donors (Lipinski definition) is 21. The van der Waals surface area contributed by atoms with Crippen LogP contribution in [0.5, 0.6) is 69.0 Å². The SMILES string of the molecule is CN[C@@H]1C(=O)N[C@@H]2Cc3ccc(cc3)Oc3cc4cc(c3O[C@@H]3O[C@@H](C(=O)O)[C@@H](O)[C@@H](O)[C@@H]3NC(=O)CCCCCCCC(C)C)Oc3ccc(cc3Cl)[C@@H](O)C3NC(=O)[C@H](NC(=O)[C@H]4NC(=O)[C@H](NC2=O)c2cc(cc(O)c2Cl)Oc2cc1ccc2O)c1ccc(O)c(c1)-c1c(O[C@H]2O[C@@H](CO)[C@H](O)[C@H](O)[C@@H]2O)cc(O)cc1C(C(=O)O)NC3=O. The fourth-order valence-corrected chi connectivity index (χ4v) is 15.5. The van der Waals surface area contributed by atoms with E-state index < -0.39 is 271 Å². The number of aliphatic carboxylic acids is 2. The lowest BCUT2D eigenvalue weighted by Gasteiger charge is -2.41. The van der Waals surface area contributed by atoms with E-state index in [0.29, 0.717) is 18.8 Å². The van der Waals surface area contributed by atoms with Gasteiger partial charge in [0.1, 0.15) is 125 Å². The van der Waals surface area contributed by atoms with Gasteiger partial charge in [-0.1, -0.05) is 99.5 Å². The number of amides is 7. The van der Waals surface area contributed by atoms with Gasteiger partial charge in [0.05, 0.1) is 16.7 Å². The van der Waals surface area contributed by atoms with Gasteiger partial charge in [0, 0.05) is 47.2 Å². The molecule has 0 radical (unpaired) electrons. The standard InChI is InChI=1S/C82H86Cl2N8O29/c1-32(2)9-7-5-4-6-8-10-55(98)87-64-67(101)69(103)72(80(113)114)121-81(64)120-71-52-25-37-26-53(71)117-49-20-15-36(23-44(49)83)65(99)63-78(110)91-62(79(111)112)42-27-38(94)28-51(118-82-70(104)68(102)66(100)54(31-93)119-82)56(42)41-22-34(13-18-46(41)95)59(75(107)92-63)88-76(108)60(37)89-77(109)61-43-29-40(30-48(97)57(43)84)116-50-24-35(14-19-47(50)96)58(85-3)74(106)86-45(73(105)90-61)21-33-11-16-39(115-52)17-12-33/h11-20,22-30,32,45,54,58-70,72,81-82,85,93-97,99-104H,4-10,21,31H2,1-3H3,(H,86,106)(H,87,98)(H,88,108)(H,89,109)(H,90,105)(H,91,110)(H,92,107)(H,111,112)(H,113,114)/t45-,54+,58+,59-,60+,61-,62?,63?,64+,65-,66+,67+,68+,69+,70+,72-,81-,82+/m1/s1. The second-order valence-electron chi connectivity index (χ2n) is 30.2. The Kier molecular flexibility index (Phi) is 26.3. The molecular weight excluding hydrogens is 1630 g/mol.